The average molecular weight is 581 g/mol. The number of allylic oxidation sites excluding steroid dienone is 1. The first-order valence-corrected chi connectivity index (χ1v) is 12.6. The highest BCUT2D eigenvalue weighted by Gasteiger charge is 2.54. The summed E-state index contributed by atoms with van der Waals surface area (Å²) in [6.07, 6.45) is 1.15. The number of hydrogen-bond donors (Lipinski definition) is 0. The average Bonchev–Trinajstić information content (AvgIpc) is 2.81. The van der Waals surface area contributed by atoms with E-state index >= 15 is 0 Å². The van der Waals surface area contributed by atoms with Gasteiger partial charge >= 0.3 is 6.09 Å². The molecule has 2 heterocycles. The Kier molecular flexibility index (Phi) is 7.64. The number of methoxy groups -OCH3 is 1. The number of benzene rings is 1. The molecular weight excluding hydrogens is 553 g/mol. The number of hydrogen-bond acceptors (Lipinski definition) is 6. The van der Waals surface area contributed by atoms with Crippen LogP contribution >= 0.6 is 15.9 Å². The number of ether oxygens (including phenoxy) is 2. The van der Waals surface area contributed by atoms with Crippen LogP contribution in [0, 0.1) is 11.2 Å². The molecule has 4 rings (SSSR count). The zero-order valence-corrected chi connectivity index (χ0v) is 22.5. The molecule has 7 nitrogen and oxygen atoms in total. The van der Waals surface area contributed by atoms with Crippen LogP contribution in [0.3, 0.4) is 0 Å². The summed E-state index contributed by atoms with van der Waals surface area (Å²) >= 11 is 3.33. The predicted octanol–water partition coefficient (Wildman–Crippen LogP) is 6.26. The van der Waals surface area contributed by atoms with Gasteiger partial charge in [-0.05, 0) is 86.0 Å². The summed E-state index contributed by atoms with van der Waals surface area (Å²) in [7, 11) is 1.41. The Hall–Kier alpha value is -2.95. The highest BCUT2D eigenvalue weighted by atomic mass is 79.9. The Balaban J connectivity index is 1.71. The molecule has 0 spiro atoms. The van der Waals surface area contributed by atoms with Gasteiger partial charge in [0.25, 0.3) is 0 Å². The number of carbonyl (C=O) groups is 1. The topological polar surface area (TPSA) is 76.9 Å². The van der Waals surface area contributed by atoms with Crippen molar-refractivity contribution in [2.24, 2.45) is 10.4 Å². The molecule has 37 heavy (non-hydrogen) atoms. The number of aromatic nitrogens is 2. The summed E-state index contributed by atoms with van der Waals surface area (Å²) in [5.74, 6) is -0.226. The molecular formula is C26H28BrF3N4O3. The van der Waals surface area contributed by atoms with E-state index in [1.807, 2.05) is 0 Å². The first-order chi connectivity index (χ1) is 17.4. The van der Waals surface area contributed by atoms with E-state index in [1.165, 1.54) is 54.6 Å². The molecule has 1 aliphatic heterocycles. The van der Waals surface area contributed by atoms with Gasteiger partial charge in [0, 0.05) is 18.2 Å². The van der Waals surface area contributed by atoms with Gasteiger partial charge in [-0.25, -0.2) is 18.0 Å². The quantitative estimate of drug-likeness (QED) is 0.403. The molecule has 2 aromatic rings. The highest BCUT2D eigenvalue weighted by Crippen LogP contribution is 2.50. The van der Waals surface area contributed by atoms with Crippen LogP contribution in [-0.4, -0.2) is 60.1 Å². The van der Waals surface area contributed by atoms with Crippen molar-refractivity contribution in [2.45, 2.75) is 57.6 Å². The van der Waals surface area contributed by atoms with Crippen LogP contribution in [0.1, 0.15) is 33.6 Å². The second kappa shape index (κ2) is 10.4. The minimum absolute atomic E-state index is 0.0362. The molecule has 0 N–H and O–H groups in total. The van der Waals surface area contributed by atoms with Crippen LogP contribution in [0.15, 0.2) is 45.9 Å². The summed E-state index contributed by atoms with van der Waals surface area (Å²) in [5.41, 5.74) is -1.52. The Labute approximate surface area is 221 Å². The van der Waals surface area contributed by atoms with E-state index in [1.54, 1.807) is 20.8 Å². The summed E-state index contributed by atoms with van der Waals surface area (Å²) in [4.78, 5) is 18.8. The summed E-state index contributed by atoms with van der Waals surface area (Å²) in [6, 6.07) is 4.91. The molecule has 1 saturated carbocycles. The number of nitrogens with zero attached hydrogens (tertiary/aromatic N) is 4. The lowest BCUT2D eigenvalue weighted by Crippen LogP contribution is -2.58. The first-order valence-electron chi connectivity index (χ1n) is 11.8. The molecule has 0 radical (unpaired) electrons. The fraction of sp³-hybridized carbons (Fsp3) is 0.462. The number of rotatable bonds is 6. The molecule has 1 aromatic heterocycles. The molecule has 2 atom stereocenters. The molecule has 1 aliphatic carbocycles. The van der Waals surface area contributed by atoms with Crippen molar-refractivity contribution in [1.82, 2.24) is 10.2 Å². The van der Waals surface area contributed by atoms with Crippen molar-refractivity contribution in [3.63, 3.8) is 0 Å². The van der Waals surface area contributed by atoms with Crippen molar-refractivity contribution >= 4 is 34.1 Å². The molecule has 1 fully saturated rings. The van der Waals surface area contributed by atoms with E-state index in [4.69, 9.17) is 9.47 Å². The van der Waals surface area contributed by atoms with Gasteiger partial charge in [-0.2, -0.15) is 0 Å². The van der Waals surface area contributed by atoms with Crippen LogP contribution in [0.4, 0.5) is 23.8 Å². The lowest BCUT2D eigenvalue weighted by Gasteiger charge is -2.50. The molecule has 0 bridgehead atoms. The molecule has 11 heteroatoms. The third-order valence-corrected chi connectivity index (χ3v) is 6.97. The molecule has 2 unspecified atom stereocenters. The van der Waals surface area contributed by atoms with Crippen LogP contribution in [0.5, 0.6) is 5.75 Å². The zero-order chi connectivity index (χ0) is 27.0. The van der Waals surface area contributed by atoms with Crippen LogP contribution in [0.2, 0.25) is 0 Å². The minimum Gasteiger partial charge on any atom is -0.495 e. The van der Waals surface area contributed by atoms with Gasteiger partial charge in [0.05, 0.1) is 28.9 Å². The van der Waals surface area contributed by atoms with Gasteiger partial charge in [0.2, 0.25) is 0 Å². The van der Waals surface area contributed by atoms with Crippen molar-refractivity contribution in [3.05, 3.63) is 46.7 Å². The number of carbonyl (C=O) groups excluding carboxylic acids is 1. The minimum atomic E-state index is -1.42. The highest BCUT2D eigenvalue weighted by molar-refractivity contribution is 9.10. The Bertz CT molecular complexity index is 1210. The Morgan fingerprint density at radius 2 is 1.92 bits per heavy atom. The summed E-state index contributed by atoms with van der Waals surface area (Å²) in [5, 5.41) is 8.32. The van der Waals surface area contributed by atoms with E-state index in [2.05, 4.69) is 31.1 Å². The number of amides is 1. The third kappa shape index (κ3) is 5.66. The third-order valence-electron chi connectivity index (χ3n) is 6.35. The van der Waals surface area contributed by atoms with Crippen LogP contribution < -0.4 is 9.64 Å². The van der Waals surface area contributed by atoms with Crippen molar-refractivity contribution < 1.29 is 27.4 Å². The Morgan fingerprint density at radius 3 is 2.49 bits per heavy atom. The van der Waals surface area contributed by atoms with Gasteiger partial charge < -0.3 is 9.47 Å². The van der Waals surface area contributed by atoms with Gasteiger partial charge in [-0.3, -0.25) is 9.89 Å². The number of alkyl halides is 2. The number of halogens is 4. The molecule has 0 saturated heterocycles. The van der Waals surface area contributed by atoms with E-state index in [0.29, 0.717) is 4.47 Å². The predicted molar refractivity (Wildman–Crippen MR) is 138 cm³/mol. The molecule has 1 amide bonds. The maximum absolute atomic E-state index is 14.9. The largest absolute Gasteiger partial charge is 0.495 e. The second-order valence-electron chi connectivity index (χ2n) is 10.2. The summed E-state index contributed by atoms with van der Waals surface area (Å²) < 4.78 is 55.2. The normalized spacial score (nSPS) is 24.9. The molecule has 198 valence electrons. The smallest absolute Gasteiger partial charge is 0.416 e. The van der Waals surface area contributed by atoms with Crippen molar-refractivity contribution in [3.8, 4) is 17.0 Å². The maximum Gasteiger partial charge on any atom is 0.416 e. The number of aliphatic imine (C=N–C) groups is 1. The lowest BCUT2D eigenvalue weighted by molar-refractivity contribution is -0.00975. The maximum atomic E-state index is 14.9. The monoisotopic (exact) mass is 580 g/mol. The standard InChI is InChI=1S/C26H28BrF3N4O3/c1-25(2,3)37-24(35)34(14-26(12-15(28)13-26)23-18(30)6-5-11-31-23)20-10-9-19(32-33-20)21-17(29)8-7-16(27)22(21)36-4/h5-11,15,18,23H,12-14H2,1-4H3. The van der Waals surface area contributed by atoms with Gasteiger partial charge in [0.1, 0.15) is 29.5 Å². The fourth-order valence-electron chi connectivity index (χ4n) is 4.71. The number of dihydropyridines is 1. The fourth-order valence-corrected chi connectivity index (χ4v) is 5.21. The summed E-state index contributed by atoms with van der Waals surface area (Å²) in [6.45, 7) is 5.06. The van der Waals surface area contributed by atoms with Crippen molar-refractivity contribution in [2.75, 3.05) is 18.6 Å². The number of anilines is 1. The van der Waals surface area contributed by atoms with Crippen molar-refractivity contribution in [1.29, 1.82) is 0 Å². The molecule has 2 aliphatic rings. The zero-order valence-electron chi connectivity index (χ0n) is 20.9. The van der Waals surface area contributed by atoms with Gasteiger partial charge in [-0.15, -0.1) is 10.2 Å². The SMILES string of the molecule is COc1c(Br)ccc(F)c1-c1ccc(N(CC2(C3N=CC=CC3F)CC(F)C2)C(=O)OC(C)(C)C)nn1. The van der Waals surface area contributed by atoms with E-state index in [9.17, 15) is 18.0 Å². The van der Waals surface area contributed by atoms with Gasteiger partial charge in [0.15, 0.2) is 5.82 Å². The molecule has 1 aromatic carbocycles. The lowest BCUT2D eigenvalue weighted by atomic mass is 9.61. The van der Waals surface area contributed by atoms with E-state index in [-0.39, 0.29) is 42.2 Å². The van der Waals surface area contributed by atoms with Crippen LogP contribution in [-0.2, 0) is 4.74 Å². The van der Waals surface area contributed by atoms with E-state index in [0.717, 1.165) is 0 Å². The Morgan fingerprint density at radius 1 is 1.19 bits per heavy atom. The first kappa shape index (κ1) is 27.1. The van der Waals surface area contributed by atoms with Crippen LogP contribution in [0.25, 0.3) is 11.3 Å². The van der Waals surface area contributed by atoms with E-state index < -0.39 is 41.3 Å². The van der Waals surface area contributed by atoms with Gasteiger partial charge in [-0.1, -0.05) is 0 Å². The second-order valence-corrected chi connectivity index (χ2v) is 11.1.